The smallest absolute Gasteiger partial charge is 0.0524 e. The van der Waals surface area contributed by atoms with E-state index in [2.05, 4.69) is 19.2 Å². The summed E-state index contributed by atoms with van der Waals surface area (Å²) in [6.07, 6.45) is 4.68. The molecule has 0 aromatic rings. The summed E-state index contributed by atoms with van der Waals surface area (Å²) in [5.74, 6) is 1.75. The molecule has 0 bridgehead atoms. The van der Waals surface area contributed by atoms with Crippen molar-refractivity contribution in [1.82, 2.24) is 5.32 Å². The van der Waals surface area contributed by atoms with Crippen LogP contribution in [-0.4, -0.2) is 23.8 Å². The molecule has 4 atom stereocenters. The Morgan fingerprint density at radius 2 is 2.00 bits per heavy atom. The topological polar surface area (TPSA) is 32.3 Å². The van der Waals surface area contributed by atoms with E-state index in [9.17, 15) is 0 Å². The predicted octanol–water partition coefficient (Wildman–Crippen LogP) is 2.17. The van der Waals surface area contributed by atoms with E-state index < -0.39 is 0 Å². The van der Waals surface area contributed by atoms with Crippen LogP contribution in [0.25, 0.3) is 0 Å². The molecule has 14 heavy (non-hydrogen) atoms. The Hall–Kier alpha value is -0.0800. The molecule has 1 aliphatic carbocycles. The highest BCUT2D eigenvalue weighted by Gasteiger charge is 2.23. The molecule has 0 aromatic heterocycles. The average Bonchev–Trinajstić information content (AvgIpc) is 2.10. The molecule has 2 N–H and O–H groups in total. The van der Waals surface area contributed by atoms with Crippen molar-refractivity contribution in [2.75, 3.05) is 6.54 Å². The first-order valence-electron chi connectivity index (χ1n) is 6.01. The van der Waals surface area contributed by atoms with Crippen molar-refractivity contribution in [2.24, 2.45) is 11.8 Å². The zero-order chi connectivity index (χ0) is 10.6. The molecule has 0 spiro atoms. The van der Waals surface area contributed by atoms with Crippen LogP contribution in [0.5, 0.6) is 0 Å². The minimum absolute atomic E-state index is 0.164. The molecule has 0 aliphatic heterocycles. The SMILES string of the molecule is C[C@H](O)CCN[C@@H]1CC[C@@H](C)[C@H](C)C1. The first-order chi connectivity index (χ1) is 6.59. The largest absolute Gasteiger partial charge is 0.393 e. The number of rotatable bonds is 4. The van der Waals surface area contributed by atoms with Crippen LogP contribution in [0.15, 0.2) is 0 Å². The number of aliphatic hydroxyl groups excluding tert-OH is 1. The van der Waals surface area contributed by atoms with Crippen molar-refractivity contribution in [3.05, 3.63) is 0 Å². The lowest BCUT2D eigenvalue weighted by Crippen LogP contribution is -2.37. The molecule has 0 amide bonds. The molecule has 1 saturated carbocycles. The molecule has 0 saturated heterocycles. The maximum atomic E-state index is 9.14. The van der Waals surface area contributed by atoms with Gasteiger partial charge in [0.2, 0.25) is 0 Å². The first kappa shape index (κ1) is 12.0. The molecule has 0 aromatic carbocycles. The van der Waals surface area contributed by atoms with Gasteiger partial charge in [0.15, 0.2) is 0 Å². The minimum Gasteiger partial charge on any atom is -0.393 e. The van der Waals surface area contributed by atoms with E-state index >= 15 is 0 Å². The quantitative estimate of drug-likeness (QED) is 0.727. The molecule has 84 valence electrons. The Morgan fingerprint density at radius 3 is 2.57 bits per heavy atom. The van der Waals surface area contributed by atoms with Gasteiger partial charge in [0.25, 0.3) is 0 Å². The Labute approximate surface area is 88.1 Å². The second-order valence-electron chi connectivity index (χ2n) is 5.06. The van der Waals surface area contributed by atoms with E-state index in [1.54, 1.807) is 0 Å². The molecular weight excluding hydrogens is 174 g/mol. The molecule has 2 heteroatoms. The van der Waals surface area contributed by atoms with Crippen LogP contribution < -0.4 is 5.32 Å². The highest BCUT2D eigenvalue weighted by atomic mass is 16.3. The number of hydrogen-bond donors (Lipinski definition) is 2. The predicted molar refractivity (Wildman–Crippen MR) is 60.3 cm³/mol. The van der Waals surface area contributed by atoms with Gasteiger partial charge in [-0.25, -0.2) is 0 Å². The second-order valence-corrected chi connectivity index (χ2v) is 5.06. The number of aliphatic hydroxyl groups is 1. The lowest BCUT2D eigenvalue weighted by atomic mass is 9.79. The molecule has 1 aliphatic rings. The Morgan fingerprint density at radius 1 is 1.29 bits per heavy atom. The van der Waals surface area contributed by atoms with E-state index in [-0.39, 0.29) is 6.10 Å². The highest BCUT2D eigenvalue weighted by molar-refractivity contribution is 4.79. The fourth-order valence-electron chi connectivity index (χ4n) is 2.23. The van der Waals surface area contributed by atoms with Crippen LogP contribution in [0.4, 0.5) is 0 Å². The zero-order valence-electron chi connectivity index (χ0n) is 9.79. The van der Waals surface area contributed by atoms with Crippen molar-refractivity contribution in [3.63, 3.8) is 0 Å². The van der Waals surface area contributed by atoms with Crippen molar-refractivity contribution in [2.45, 2.75) is 58.6 Å². The summed E-state index contributed by atoms with van der Waals surface area (Å²) < 4.78 is 0. The normalized spacial score (nSPS) is 35.6. The van der Waals surface area contributed by atoms with E-state index in [1.807, 2.05) is 6.92 Å². The molecule has 0 radical (unpaired) electrons. The standard InChI is InChI=1S/C12H25NO/c1-9-4-5-12(8-10(9)2)13-7-6-11(3)14/h9-14H,4-8H2,1-3H3/t9-,10-,11+,12-/m1/s1. The van der Waals surface area contributed by atoms with Crippen LogP contribution in [0.3, 0.4) is 0 Å². The molecular formula is C12H25NO. The maximum Gasteiger partial charge on any atom is 0.0524 e. The zero-order valence-corrected chi connectivity index (χ0v) is 9.79. The Balaban J connectivity index is 2.13. The second kappa shape index (κ2) is 5.72. The van der Waals surface area contributed by atoms with E-state index in [0.717, 1.165) is 24.8 Å². The Bertz CT molecular complexity index is 158. The number of hydrogen-bond acceptors (Lipinski definition) is 2. The third kappa shape index (κ3) is 3.97. The van der Waals surface area contributed by atoms with E-state index in [1.165, 1.54) is 19.3 Å². The van der Waals surface area contributed by atoms with Crippen LogP contribution in [0.2, 0.25) is 0 Å². The van der Waals surface area contributed by atoms with Crippen LogP contribution in [0, 0.1) is 11.8 Å². The third-order valence-corrected chi connectivity index (χ3v) is 3.59. The summed E-state index contributed by atoms with van der Waals surface area (Å²) in [6.45, 7) is 7.53. The van der Waals surface area contributed by atoms with Gasteiger partial charge in [0, 0.05) is 6.04 Å². The fraction of sp³-hybridized carbons (Fsp3) is 1.00. The minimum atomic E-state index is -0.164. The molecule has 0 unspecified atom stereocenters. The summed E-state index contributed by atoms with van der Waals surface area (Å²) in [5.41, 5.74) is 0. The summed E-state index contributed by atoms with van der Waals surface area (Å²) in [6, 6.07) is 0.694. The molecule has 2 nitrogen and oxygen atoms in total. The summed E-state index contributed by atoms with van der Waals surface area (Å²) in [5, 5.41) is 12.7. The summed E-state index contributed by atoms with van der Waals surface area (Å²) in [4.78, 5) is 0. The van der Waals surface area contributed by atoms with Crippen molar-refractivity contribution in [1.29, 1.82) is 0 Å². The van der Waals surface area contributed by atoms with Crippen molar-refractivity contribution >= 4 is 0 Å². The molecule has 1 fully saturated rings. The van der Waals surface area contributed by atoms with Gasteiger partial charge in [-0.15, -0.1) is 0 Å². The Kier molecular flexibility index (Phi) is 4.90. The summed E-state index contributed by atoms with van der Waals surface area (Å²) >= 11 is 0. The van der Waals surface area contributed by atoms with Crippen LogP contribution >= 0.6 is 0 Å². The monoisotopic (exact) mass is 199 g/mol. The molecule has 1 rings (SSSR count). The van der Waals surface area contributed by atoms with Gasteiger partial charge < -0.3 is 10.4 Å². The highest BCUT2D eigenvalue weighted by Crippen LogP contribution is 2.29. The molecule has 0 heterocycles. The van der Waals surface area contributed by atoms with Gasteiger partial charge >= 0.3 is 0 Å². The van der Waals surface area contributed by atoms with Gasteiger partial charge in [0.1, 0.15) is 0 Å². The third-order valence-electron chi connectivity index (χ3n) is 3.59. The van der Waals surface area contributed by atoms with Gasteiger partial charge in [-0.3, -0.25) is 0 Å². The summed E-state index contributed by atoms with van der Waals surface area (Å²) in [7, 11) is 0. The van der Waals surface area contributed by atoms with Gasteiger partial charge in [-0.2, -0.15) is 0 Å². The number of nitrogens with one attached hydrogen (secondary N) is 1. The maximum absolute atomic E-state index is 9.14. The lowest BCUT2D eigenvalue weighted by Gasteiger charge is -2.32. The fourth-order valence-corrected chi connectivity index (χ4v) is 2.23. The van der Waals surface area contributed by atoms with E-state index in [0.29, 0.717) is 6.04 Å². The van der Waals surface area contributed by atoms with Crippen molar-refractivity contribution in [3.8, 4) is 0 Å². The van der Waals surface area contributed by atoms with Gasteiger partial charge in [-0.05, 0) is 51.0 Å². The van der Waals surface area contributed by atoms with Crippen LogP contribution in [0.1, 0.15) is 46.5 Å². The van der Waals surface area contributed by atoms with Crippen molar-refractivity contribution < 1.29 is 5.11 Å². The lowest BCUT2D eigenvalue weighted by molar-refractivity contribution is 0.174. The average molecular weight is 199 g/mol. The first-order valence-corrected chi connectivity index (χ1v) is 6.01. The van der Waals surface area contributed by atoms with Crippen LogP contribution in [-0.2, 0) is 0 Å². The van der Waals surface area contributed by atoms with Gasteiger partial charge in [0.05, 0.1) is 6.10 Å². The van der Waals surface area contributed by atoms with Gasteiger partial charge in [-0.1, -0.05) is 13.8 Å². The van der Waals surface area contributed by atoms with E-state index in [4.69, 9.17) is 5.11 Å².